The molecule has 3 heteroatoms. The first-order chi connectivity index (χ1) is 9.33. The van der Waals surface area contributed by atoms with Gasteiger partial charge >= 0.3 is 0 Å². The van der Waals surface area contributed by atoms with Crippen molar-refractivity contribution < 1.29 is 4.79 Å². The fourth-order valence-corrected chi connectivity index (χ4v) is 2.86. The fourth-order valence-electron chi connectivity index (χ4n) is 2.86. The van der Waals surface area contributed by atoms with Crippen molar-refractivity contribution in [2.24, 2.45) is 0 Å². The molecule has 1 fully saturated rings. The van der Waals surface area contributed by atoms with Crippen molar-refractivity contribution in [1.82, 2.24) is 10.6 Å². The lowest BCUT2D eigenvalue weighted by molar-refractivity contribution is -0.120. The van der Waals surface area contributed by atoms with Crippen LogP contribution in [0.15, 0.2) is 0 Å². The van der Waals surface area contributed by atoms with Gasteiger partial charge in [-0.25, -0.2) is 0 Å². The highest BCUT2D eigenvalue weighted by atomic mass is 16.1. The zero-order chi connectivity index (χ0) is 13.8. The molecule has 1 aliphatic rings. The van der Waals surface area contributed by atoms with Crippen molar-refractivity contribution in [3.05, 3.63) is 0 Å². The normalized spacial score (nSPS) is 20.3. The lowest BCUT2D eigenvalue weighted by atomic mass is 9.98. The molecule has 0 aromatic rings. The Morgan fingerprint density at radius 3 is 1.84 bits per heavy atom. The number of rotatable bonds is 4. The van der Waals surface area contributed by atoms with Gasteiger partial charge < -0.3 is 10.6 Å². The van der Waals surface area contributed by atoms with Crippen molar-refractivity contribution in [1.29, 1.82) is 0 Å². The van der Waals surface area contributed by atoms with Crippen LogP contribution in [-0.2, 0) is 4.79 Å². The van der Waals surface area contributed by atoms with E-state index in [0.29, 0.717) is 12.6 Å². The Balaban J connectivity index is 2.24. The lowest BCUT2D eigenvalue weighted by Crippen LogP contribution is -2.39. The second-order valence-corrected chi connectivity index (χ2v) is 5.79. The molecular formula is C16H32N2O. The first kappa shape index (κ1) is 16.5. The van der Waals surface area contributed by atoms with Crippen LogP contribution in [0.25, 0.3) is 0 Å². The zero-order valence-corrected chi connectivity index (χ0v) is 12.7. The number of likely N-dealkylation sites (N-methyl/N-ethyl adjacent to an activating group) is 1. The van der Waals surface area contributed by atoms with E-state index in [4.69, 9.17) is 0 Å². The van der Waals surface area contributed by atoms with Gasteiger partial charge in [0.15, 0.2) is 0 Å². The molecule has 0 atom stereocenters. The second kappa shape index (κ2) is 11.3. The first-order valence-electron chi connectivity index (χ1n) is 8.33. The maximum Gasteiger partial charge on any atom is 0.233 e. The van der Waals surface area contributed by atoms with Crippen LogP contribution in [0.1, 0.15) is 77.6 Å². The molecule has 0 spiro atoms. The SMILES string of the molecule is CCNC(=O)CNC1CCCCCCCCCCC1. The van der Waals surface area contributed by atoms with Crippen LogP contribution in [0.5, 0.6) is 0 Å². The molecular weight excluding hydrogens is 236 g/mol. The molecule has 1 aliphatic carbocycles. The van der Waals surface area contributed by atoms with Crippen molar-refractivity contribution >= 4 is 5.91 Å². The third-order valence-electron chi connectivity index (χ3n) is 4.03. The third-order valence-corrected chi connectivity index (χ3v) is 4.03. The molecule has 2 N–H and O–H groups in total. The number of nitrogens with one attached hydrogen (secondary N) is 2. The Morgan fingerprint density at radius 2 is 1.37 bits per heavy atom. The molecule has 19 heavy (non-hydrogen) atoms. The molecule has 0 heterocycles. The highest BCUT2D eigenvalue weighted by Crippen LogP contribution is 2.16. The van der Waals surface area contributed by atoms with Crippen molar-refractivity contribution in [3.8, 4) is 0 Å². The van der Waals surface area contributed by atoms with Crippen molar-refractivity contribution in [2.45, 2.75) is 83.6 Å². The van der Waals surface area contributed by atoms with E-state index < -0.39 is 0 Å². The predicted octanol–water partition coefficient (Wildman–Crippen LogP) is 3.39. The average molecular weight is 268 g/mol. The van der Waals surface area contributed by atoms with Crippen LogP contribution in [0.2, 0.25) is 0 Å². The minimum absolute atomic E-state index is 0.133. The molecule has 0 saturated heterocycles. The van der Waals surface area contributed by atoms with E-state index in [2.05, 4.69) is 10.6 Å². The number of carbonyl (C=O) groups is 1. The van der Waals surface area contributed by atoms with Gasteiger partial charge in [0.2, 0.25) is 5.91 Å². The van der Waals surface area contributed by atoms with E-state index >= 15 is 0 Å². The number of carbonyl (C=O) groups excluding carboxylic acids is 1. The summed E-state index contributed by atoms with van der Waals surface area (Å²) < 4.78 is 0. The lowest BCUT2D eigenvalue weighted by Gasteiger charge is -2.19. The van der Waals surface area contributed by atoms with Gasteiger partial charge in [0.25, 0.3) is 0 Å². The molecule has 0 radical (unpaired) electrons. The molecule has 0 aromatic heterocycles. The van der Waals surface area contributed by atoms with Crippen LogP contribution < -0.4 is 10.6 Å². The Labute approximate surface area is 118 Å². The van der Waals surface area contributed by atoms with E-state index in [1.807, 2.05) is 6.92 Å². The molecule has 0 bridgehead atoms. The summed E-state index contributed by atoms with van der Waals surface area (Å²) in [7, 11) is 0. The van der Waals surface area contributed by atoms with Gasteiger partial charge in [-0.2, -0.15) is 0 Å². The summed E-state index contributed by atoms with van der Waals surface area (Å²) in [6, 6.07) is 0.544. The van der Waals surface area contributed by atoms with Crippen molar-refractivity contribution in [3.63, 3.8) is 0 Å². The summed E-state index contributed by atoms with van der Waals surface area (Å²) in [5, 5.41) is 6.30. The summed E-state index contributed by atoms with van der Waals surface area (Å²) in [4.78, 5) is 11.5. The molecule has 3 nitrogen and oxygen atoms in total. The summed E-state index contributed by atoms with van der Waals surface area (Å²) in [5.74, 6) is 0.133. The Hall–Kier alpha value is -0.570. The van der Waals surface area contributed by atoms with Gasteiger partial charge in [0, 0.05) is 12.6 Å². The van der Waals surface area contributed by atoms with E-state index in [0.717, 1.165) is 6.54 Å². The van der Waals surface area contributed by atoms with E-state index in [1.165, 1.54) is 70.6 Å². The van der Waals surface area contributed by atoms with Crippen LogP contribution in [0.4, 0.5) is 0 Å². The van der Waals surface area contributed by atoms with E-state index in [-0.39, 0.29) is 5.91 Å². The number of amides is 1. The second-order valence-electron chi connectivity index (χ2n) is 5.79. The average Bonchev–Trinajstić information content (AvgIpc) is 2.38. The van der Waals surface area contributed by atoms with Gasteiger partial charge in [0.05, 0.1) is 6.54 Å². The standard InChI is InChI=1S/C16H32N2O/c1-2-17-16(19)14-18-15-12-10-8-6-4-3-5-7-9-11-13-15/h15,18H,2-14H2,1H3,(H,17,19). The number of hydrogen-bond acceptors (Lipinski definition) is 2. The van der Waals surface area contributed by atoms with Gasteiger partial charge in [-0.3, -0.25) is 4.79 Å². The largest absolute Gasteiger partial charge is 0.355 e. The highest BCUT2D eigenvalue weighted by molar-refractivity contribution is 5.77. The van der Waals surface area contributed by atoms with Gasteiger partial charge in [0.1, 0.15) is 0 Å². The Bertz CT molecular complexity index is 219. The molecule has 112 valence electrons. The monoisotopic (exact) mass is 268 g/mol. The third kappa shape index (κ3) is 9.04. The number of hydrogen-bond donors (Lipinski definition) is 2. The fraction of sp³-hybridized carbons (Fsp3) is 0.938. The summed E-state index contributed by atoms with van der Waals surface area (Å²) in [6.45, 7) is 3.18. The van der Waals surface area contributed by atoms with Crippen LogP contribution in [0.3, 0.4) is 0 Å². The summed E-state index contributed by atoms with van der Waals surface area (Å²) in [5.41, 5.74) is 0. The maximum absolute atomic E-state index is 11.5. The molecule has 0 aromatic carbocycles. The molecule has 1 rings (SSSR count). The Kier molecular flexibility index (Phi) is 9.78. The molecule has 0 unspecified atom stereocenters. The summed E-state index contributed by atoms with van der Waals surface area (Å²) in [6.07, 6.45) is 14.9. The van der Waals surface area contributed by atoms with Gasteiger partial charge in [-0.15, -0.1) is 0 Å². The topological polar surface area (TPSA) is 41.1 Å². The molecule has 1 saturated carbocycles. The quantitative estimate of drug-likeness (QED) is 0.820. The smallest absolute Gasteiger partial charge is 0.233 e. The van der Waals surface area contributed by atoms with E-state index in [9.17, 15) is 4.79 Å². The van der Waals surface area contributed by atoms with Gasteiger partial charge in [-0.1, -0.05) is 57.8 Å². The summed E-state index contributed by atoms with van der Waals surface area (Å²) >= 11 is 0. The van der Waals surface area contributed by atoms with E-state index in [1.54, 1.807) is 0 Å². The Morgan fingerprint density at radius 1 is 0.895 bits per heavy atom. The molecule has 1 amide bonds. The van der Waals surface area contributed by atoms with Crippen LogP contribution >= 0.6 is 0 Å². The van der Waals surface area contributed by atoms with Crippen LogP contribution in [-0.4, -0.2) is 25.0 Å². The highest BCUT2D eigenvalue weighted by Gasteiger charge is 2.10. The molecule has 0 aliphatic heterocycles. The van der Waals surface area contributed by atoms with Gasteiger partial charge in [-0.05, 0) is 19.8 Å². The minimum atomic E-state index is 0.133. The minimum Gasteiger partial charge on any atom is -0.355 e. The zero-order valence-electron chi connectivity index (χ0n) is 12.7. The predicted molar refractivity (Wildman–Crippen MR) is 81.3 cm³/mol. The maximum atomic E-state index is 11.5. The first-order valence-corrected chi connectivity index (χ1v) is 8.33. The van der Waals surface area contributed by atoms with Crippen molar-refractivity contribution in [2.75, 3.05) is 13.1 Å². The van der Waals surface area contributed by atoms with Crippen LogP contribution in [0, 0.1) is 0 Å².